The molecule has 0 spiro atoms. The van der Waals surface area contributed by atoms with Gasteiger partial charge in [0, 0.05) is 23.6 Å². The summed E-state index contributed by atoms with van der Waals surface area (Å²) in [5.41, 5.74) is 3.70. The van der Waals surface area contributed by atoms with Gasteiger partial charge in [-0.05, 0) is 65.1 Å². The summed E-state index contributed by atoms with van der Waals surface area (Å²) in [6.07, 6.45) is 3.09. The molecular weight excluding hydrogens is 380 g/mol. The van der Waals surface area contributed by atoms with Crippen molar-refractivity contribution in [2.24, 2.45) is 0 Å². The van der Waals surface area contributed by atoms with Gasteiger partial charge in [-0.2, -0.15) is 0 Å². The van der Waals surface area contributed by atoms with E-state index in [1.54, 1.807) is 7.11 Å². The first-order chi connectivity index (χ1) is 12.2. The summed E-state index contributed by atoms with van der Waals surface area (Å²) in [4.78, 5) is 3.32. The number of H-pyrrole nitrogens is 1. The van der Waals surface area contributed by atoms with Gasteiger partial charge in [0.2, 0.25) is 0 Å². The number of ether oxygens (including phenoxy) is 2. The molecule has 0 aliphatic rings. The van der Waals surface area contributed by atoms with E-state index in [1.165, 1.54) is 16.5 Å². The second kappa shape index (κ2) is 8.41. The molecule has 3 rings (SSSR count). The van der Waals surface area contributed by atoms with Crippen LogP contribution in [0.1, 0.15) is 18.1 Å². The van der Waals surface area contributed by atoms with E-state index in [1.807, 2.05) is 13.0 Å². The summed E-state index contributed by atoms with van der Waals surface area (Å²) in [7, 11) is 1.65. The zero-order valence-electron chi connectivity index (χ0n) is 14.6. The first-order valence-corrected chi connectivity index (χ1v) is 9.27. The Morgan fingerprint density at radius 2 is 2.04 bits per heavy atom. The molecule has 0 atom stereocenters. The summed E-state index contributed by atoms with van der Waals surface area (Å²) in [5.74, 6) is 1.51. The van der Waals surface area contributed by atoms with E-state index in [2.05, 4.69) is 62.8 Å². The minimum Gasteiger partial charge on any atom is -0.492 e. The highest BCUT2D eigenvalue weighted by Crippen LogP contribution is 2.36. The molecule has 0 radical (unpaired) electrons. The van der Waals surface area contributed by atoms with Gasteiger partial charge in [0.1, 0.15) is 0 Å². The lowest BCUT2D eigenvalue weighted by Gasteiger charge is -2.13. The Bertz CT molecular complexity index is 845. The SMILES string of the molecule is CCOc1cc(CNCCc2c[nH]c3ccccc23)cc(Br)c1OC. The summed E-state index contributed by atoms with van der Waals surface area (Å²) in [6, 6.07) is 12.5. The van der Waals surface area contributed by atoms with Gasteiger partial charge >= 0.3 is 0 Å². The summed E-state index contributed by atoms with van der Waals surface area (Å²) in [5, 5.41) is 4.81. The number of aromatic nitrogens is 1. The number of benzene rings is 2. The van der Waals surface area contributed by atoms with E-state index in [0.29, 0.717) is 6.61 Å². The standard InChI is InChI=1S/C20H23BrN2O2/c1-3-25-19-11-14(10-17(21)20(19)24-2)12-22-9-8-15-13-23-18-7-5-4-6-16(15)18/h4-7,10-11,13,22-23H,3,8-9,12H2,1-2H3. The van der Waals surface area contributed by atoms with Crippen molar-refractivity contribution in [1.82, 2.24) is 10.3 Å². The van der Waals surface area contributed by atoms with Crippen LogP contribution in [-0.4, -0.2) is 25.2 Å². The predicted octanol–water partition coefficient (Wildman–Crippen LogP) is 4.67. The molecule has 2 N–H and O–H groups in total. The number of methoxy groups -OCH3 is 1. The molecule has 3 aromatic rings. The van der Waals surface area contributed by atoms with Crippen LogP contribution in [0.2, 0.25) is 0 Å². The van der Waals surface area contributed by atoms with Crippen LogP contribution in [0, 0.1) is 0 Å². The topological polar surface area (TPSA) is 46.3 Å². The number of fused-ring (bicyclic) bond motifs is 1. The lowest BCUT2D eigenvalue weighted by atomic mass is 10.1. The zero-order chi connectivity index (χ0) is 17.6. The van der Waals surface area contributed by atoms with E-state index in [4.69, 9.17) is 9.47 Å². The van der Waals surface area contributed by atoms with E-state index >= 15 is 0 Å². The summed E-state index contributed by atoms with van der Waals surface area (Å²) in [6.45, 7) is 4.28. The van der Waals surface area contributed by atoms with Crippen LogP contribution >= 0.6 is 15.9 Å². The molecule has 0 bridgehead atoms. The van der Waals surface area contributed by atoms with Gasteiger partial charge in [0.05, 0.1) is 18.2 Å². The van der Waals surface area contributed by atoms with Gasteiger partial charge in [0.25, 0.3) is 0 Å². The number of halogens is 1. The minimum atomic E-state index is 0.611. The van der Waals surface area contributed by atoms with Crippen molar-refractivity contribution in [2.75, 3.05) is 20.3 Å². The second-order valence-electron chi connectivity index (χ2n) is 5.83. The summed E-state index contributed by atoms with van der Waals surface area (Å²) < 4.78 is 12.0. The van der Waals surface area contributed by atoms with Crippen LogP contribution in [0.4, 0.5) is 0 Å². The number of nitrogens with one attached hydrogen (secondary N) is 2. The van der Waals surface area contributed by atoms with Crippen molar-refractivity contribution < 1.29 is 9.47 Å². The van der Waals surface area contributed by atoms with Crippen LogP contribution in [-0.2, 0) is 13.0 Å². The number of rotatable bonds is 8. The fourth-order valence-corrected chi connectivity index (χ4v) is 3.63. The first-order valence-electron chi connectivity index (χ1n) is 8.47. The Hall–Kier alpha value is -1.98. The molecule has 0 saturated heterocycles. The average Bonchev–Trinajstić information content (AvgIpc) is 3.02. The van der Waals surface area contributed by atoms with Crippen molar-refractivity contribution in [3.8, 4) is 11.5 Å². The molecule has 0 amide bonds. The van der Waals surface area contributed by atoms with Crippen LogP contribution in [0.5, 0.6) is 11.5 Å². The van der Waals surface area contributed by atoms with Crippen molar-refractivity contribution in [2.45, 2.75) is 19.9 Å². The maximum atomic E-state index is 5.68. The monoisotopic (exact) mass is 402 g/mol. The van der Waals surface area contributed by atoms with E-state index in [0.717, 1.165) is 41.0 Å². The predicted molar refractivity (Wildman–Crippen MR) is 106 cm³/mol. The molecule has 5 heteroatoms. The van der Waals surface area contributed by atoms with Crippen molar-refractivity contribution in [3.63, 3.8) is 0 Å². The molecule has 0 fully saturated rings. The molecule has 0 saturated carbocycles. The van der Waals surface area contributed by atoms with E-state index < -0.39 is 0 Å². The van der Waals surface area contributed by atoms with Crippen LogP contribution in [0.15, 0.2) is 47.1 Å². The molecule has 0 unspecified atom stereocenters. The van der Waals surface area contributed by atoms with Crippen LogP contribution in [0.25, 0.3) is 10.9 Å². The third-order valence-corrected chi connectivity index (χ3v) is 4.74. The molecule has 1 heterocycles. The second-order valence-corrected chi connectivity index (χ2v) is 6.68. The summed E-state index contributed by atoms with van der Waals surface area (Å²) >= 11 is 3.56. The van der Waals surface area contributed by atoms with Gasteiger partial charge in [-0.15, -0.1) is 0 Å². The van der Waals surface area contributed by atoms with Gasteiger partial charge < -0.3 is 19.8 Å². The third kappa shape index (κ3) is 4.17. The Labute approximate surface area is 156 Å². The molecule has 1 aromatic heterocycles. The number of aromatic amines is 1. The molecule has 132 valence electrons. The number of hydrogen-bond donors (Lipinski definition) is 2. The van der Waals surface area contributed by atoms with Crippen LogP contribution in [0.3, 0.4) is 0 Å². The van der Waals surface area contributed by atoms with Gasteiger partial charge in [-0.1, -0.05) is 18.2 Å². The highest BCUT2D eigenvalue weighted by Gasteiger charge is 2.11. The third-order valence-electron chi connectivity index (χ3n) is 4.15. The largest absolute Gasteiger partial charge is 0.492 e. The lowest BCUT2D eigenvalue weighted by Crippen LogP contribution is -2.16. The Morgan fingerprint density at radius 1 is 1.20 bits per heavy atom. The van der Waals surface area contributed by atoms with E-state index in [-0.39, 0.29) is 0 Å². The smallest absolute Gasteiger partial charge is 0.174 e. The molecule has 4 nitrogen and oxygen atoms in total. The quantitative estimate of drug-likeness (QED) is 0.538. The molecular formula is C20H23BrN2O2. The minimum absolute atomic E-state index is 0.611. The number of hydrogen-bond acceptors (Lipinski definition) is 3. The Kier molecular flexibility index (Phi) is 6.00. The molecule has 0 aliphatic heterocycles. The van der Waals surface area contributed by atoms with Crippen molar-refractivity contribution in [3.05, 3.63) is 58.2 Å². The Balaban J connectivity index is 1.60. The van der Waals surface area contributed by atoms with Gasteiger partial charge in [-0.3, -0.25) is 0 Å². The number of para-hydroxylation sites is 1. The Morgan fingerprint density at radius 3 is 2.84 bits per heavy atom. The maximum absolute atomic E-state index is 5.68. The highest BCUT2D eigenvalue weighted by molar-refractivity contribution is 9.10. The average molecular weight is 403 g/mol. The zero-order valence-corrected chi connectivity index (χ0v) is 16.2. The van der Waals surface area contributed by atoms with Gasteiger partial charge in [0.15, 0.2) is 11.5 Å². The van der Waals surface area contributed by atoms with Crippen LogP contribution < -0.4 is 14.8 Å². The lowest BCUT2D eigenvalue weighted by molar-refractivity contribution is 0.309. The fraction of sp³-hybridized carbons (Fsp3) is 0.300. The fourth-order valence-electron chi connectivity index (χ4n) is 2.98. The first kappa shape index (κ1) is 17.8. The van der Waals surface area contributed by atoms with Crippen molar-refractivity contribution in [1.29, 1.82) is 0 Å². The molecule has 25 heavy (non-hydrogen) atoms. The highest BCUT2D eigenvalue weighted by atomic mass is 79.9. The molecule has 2 aromatic carbocycles. The van der Waals surface area contributed by atoms with Gasteiger partial charge in [-0.25, -0.2) is 0 Å². The molecule has 0 aliphatic carbocycles. The maximum Gasteiger partial charge on any atom is 0.174 e. The normalized spacial score (nSPS) is 11.0. The van der Waals surface area contributed by atoms with E-state index in [9.17, 15) is 0 Å². The van der Waals surface area contributed by atoms with Crippen molar-refractivity contribution >= 4 is 26.8 Å².